The van der Waals surface area contributed by atoms with E-state index in [9.17, 15) is 22.8 Å². The molecule has 4 nitrogen and oxygen atoms in total. The molecular formula is C12H12F3NO3. The van der Waals surface area contributed by atoms with Crippen LogP contribution in [-0.4, -0.2) is 17.0 Å². The minimum atomic E-state index is -4.49. The number of carbonyl (C=O) groups excluding carboxylic acids is 1. The van der Waals surface area contributed by atoms with Crippen LogP contribution in [0.4, 0.5) is 18.9 Å². The van der Waals surface area contributed by atoms with E-state index in [1.54, 1.807) is 6.92 Å². The Labute approximate surface area is 107 Å². The van der Waals surface area contributed by atoms with E-state index < -0.39 is 23.6 Å². The molecule has 1 rings (SSSR count). The zero-order valence-corrected chi connectivity index (χ0v) is 10.0. The Hall–Kier alpha value is -2.05. The smallest absolute Gasteiger partial charge is 0.416 e. The molecule has 0 bridgehead atoms. The van der Waals surface area contributed by atoms with Crippen molar-refractivity contribution in [3.05, 3.63) is 29.3 Å². The van der Waals surface area contributed by atoms with Gasteiger partial charge in [0.25, 0.3) is 0 Å². The number of rotatable bonds is 4. The second-order valence-electron chi connectivity index (χ2n) is 3.97. The Kier molecular flexibility index (Phi) is 4.52. The highest BCUT2D eigenvalue weighted by atomic mass is 19.4. The molecule has 0 unspecified atom stereocenters. The van der Waals surface area contributed by atoms with Crippen LogP contribution in [0.2, 0.25) is 0 Å². The summed E-state index contributed by atoms with van der Waals surface area (Å²) in [6, 6.07) is 2.99. The third-order valence-corrected chi connectivity index (χ3v) is 2.40. The van der Waals surface area contributed by atoms with Gasteiger partial charge in [0, 0.05) is 12.1 Å². The van der Waals surface area contributed by atoms with Gasteiger partial charge in [-0.3, -0.25) is 9.59 Å². The van der Waals surface area contributed by atoms with E-state index in [2.05, 4.69) is 5.32 Å². The zero-order chi connectivity index (χ0) is 14.6. The molecule has 19 heavy (non-hydrogen) atoms. The van der Waals surface area contributed by atoms with Crippen LogP contribution < -0.4 is 5.32 Å². The number of nitrogens with one attached hydrogen (secondary N) is 1. The summed E-state index contributed by atoms with van der Waals surface area (Å²) in [6.07, 6.45) is -5.15. The van der Waals surface area contributed by atoms with Crippen LogP contribution in [0.15, 0.2) is 18.2 Å². The van der Waals surface area contributed by atoms with E-state index in [0.717, 1.165) is 12.1 Å². The third-order valence-electron chi connectivity index (χ3n) is 2.40. The van der Waals surface area contributed by atoms with Crippen molar-refractivity contribution in [1.29, 1.82) is 0 Å². The fraction of sp³-hybridized carbons (Fsp3) is 0.333. The second-order valence-corrected chi connectivity index (χ2v) is 3.97. The largest absolute Gasteiger partial charge is 0.481 e. The van der Waals surface area contributed by atoms with Gasteiger partial charge in [-0.1, -0.05) is 6.07 Å². The van der Waals surface area contributed by atoms with Crippen LogP contribution in [0.5, 0.6) is 0 Å². The Morgan fingerprint density at radius 2 is 1.89 bits per heavy atom. The van der Waals surface area contributed by atoms with Crippen LogP contribution in [0.1, 0.15) is 24.0 Å². The molecule has 0 radical (unpaired) electrons. The van der Waals surface area contributed by atoms with Crippen LogP contribution in [0, 0.1) is 6.92 Å². The van der Waals surface area contributed by atoms with E-state index in [-0.39, 0.29) is 18.5 Å². The van der Waals surface area contributed by atoms with Gasteiger partial charge in [-0.25, -0.2) is 0 Å². The number of hydrogen-bond donors (Lipinski definition) is 2. The van der Waals surface area contributed by atoms with Crippen molar-refractivity contribution in [3.8, 4) is 0 Å². The number of aliphatic carboxylic acids is 1. The van der Waals surface area contributed by atoms with Crippen molar-refractivity contribution in [2.45, 2.75) is 25.9 Å². The van der Waals surface area contributed by atoms with Crippen molar-refractivity contribution in [1.82, 2.24) is 0 Å². The van der Waals surface area contributed by atoms with Crippen molar-refractivity contribution in [2.24, 2.45) is 0 Å². The van der Waals surface area contributed by atoms with E-state index in [1.807, 2.05) is 0 Å². The number of carboxylic acid groups (broad SMARTS) is 1. The maximum absolute atomic E-state index is 12.5. The molecule has 1 amide bonds. The third kappa shape index (κ3) is 4.61. The summed E-state index contributed by atoms with van der Waals surface area (Å²) in [4.78, 5) is 21.7. The molecule has 0 fully saturated rings. The minimum absolute atomic E-state index is 0.0326. The molecule has 0 heterocycles. The maximum atomic E-state index is 12.5. The quantitative estimate of drug-likeness (QED) is 0.888. The second kappa shape index (κ2) is 5.73. The first-order valence-corrected chi connectivity index (χ1v) is 5.39. The molecule has 0 saturated heterocycles. The summed E-state index contributed by atoms with van der Waals surface area (Å²) in [5, 5.41) is 10.7. The lowest BCUT2D eigenvalue weighted by molar-refractivity contribution is -0.138. The zero-order valence-electron chi connectivity index (χ0n) is 10.0. The van der Waals surface area contributed by atoms with Gasteiger partial charge in [0.15, 0.2) is 0 Å². The standard InChI is InChI=1S/C12H12F3NO3/c1-7-2-3-8(12(13,14)15)6-9(7)16-10(17)4-5-11(18)19/h2-3,6H,4-5H2,1H3,(H,16,17)(H,18,19). The fourth-order valence-electron chi connectivity index (χ4n) is 1.37. The Bertz CT molecular complexity index is 497. The molecule has 0 aliphatic rings. The van der Waals surface area contributed by atoms with Gasteiger partial charge in [0.1, 0.15) is 0 Å². The van der Waals surface area contributed by atoms with Gasteiger partial charge < -0.3 is 10.4 Å². The number of anilines is 1. The molecule has 1 aromatic rings. The fourth-order valence-corrected chi connectivity index (χ4v) is 1.37. The van der Waals surface area contributed by atoms with Crippen LogP contribution in [0.25, 0.3) is 0 Å². The maximum Gasteiger partial charge on any atom is 0.416 e. The highest BCUT2D eigenvalue weighted by Gasteiger charge is 2.30. The number of carbonyl (C=O) groups is 2. The average molecular weight is 275 g/mol. The number of alkyl halides is 3. The summed E-state index contributed by atoms with van der Waals surface area (Å²) in [5.41, 5.74) is -0.367. The molecule has 104 valence electrons. The van der Waals surface area contributed by atoms with Gasteiger partial charge >= 0.3 is 12.1 Å². The van der Waals surface area contributed by atoms with E-state index in [4.69, 9.17) is 5.11 Å². The number of amides is 1. The lowest BCUT2D eigenvalue weighted by Gasteiger charge is -2.12. The highest BCUT2D eigenvalue weighted by Crippen LogP contribution is 2.32. The predicted molar refractivity (Wildman–Crippen MR) is 61.7 cm³/mol. The van der Waals surface area contributed by atoms with E-state index in [0.29, 0.717) is 5.56 Å². The summed E-state index contributed by atoms with van der Waals surface area (Å²) in [5.74, 6) is -1.78. The highest BCUT2D eigenvalue weighted by molar-refractivity contribution is 5.93. The first kappa shape index (κ1) is 15.0. The molecule has 0 aliphatic heterocycles. The lowest BCUT2D eigenvalue weighted by atomic mass is 10.1. The Morgan fingerprint density at radius 1 is 1.26 bits per heavy atom. The predicted octanol–water partition coefficient (Wildman–Crippen LogP) is 2.82. The van der Waals surface area contributed by atoms with Crippen LogP contribution in [0.3, 0.4) is 0 Å². The molecule has 0 aliphatic carbocycles. The summed E-state index contributed by atoms with van der Waals surface area (Å²) in [7, 11) is 0. The number of aryl methyl sites for hydroxylation is 1. The molecule has 0 saturated carbocycles. The minimum Gasteiger partial charge on any atom is -0.481 e. The molecule has 2 N–H and O–H groups in total. The van der Waals surface area contributed by atoms with Crippen LogP contribution >= 0.6 is 0 Å². The number of halogens is 3. The average Bonchev–Trinajstić information content (AvgIpc) is 2.28. The van der Waals surface area contributed by atoms with Crippen molar-refractivity contribution >= 4 is 17.6 Å². The first-order chi connectivity index (χ1) is 8.70. The molecule has 0 spiro atoms. The lowest BCUT2D eigenvalue weighted by Crippen LogP contribution is -2.15. The van der Waals surface area contributed by atoms with Crippen LogP contribution in [-0.2, 0) is 15.8 Å². The molecular weight excluding hydrogens is 263 g/mol. The van der Waals surface area contributed by atoms with Gasteiger partial charge in [0.2, 0.25) is 5.91 Å². The normalized spacial score (nSPS) is 11.2. The first-order valence-electron chi connectivity index (χ1n) is 5.39. The monoisotopic (exact) mass is 275 g/mol. The summed E-state index contributed by atoms with van der Waals surface area (Å²) >= 11 is 0. The molecule has 0 aromatic heterocycles. The van der Waals surface area contributed by atoms with Gasteiger partial charge in [-0.2, -0.15) is 13.2 Å². The number of benzene rings is 1. The summed E-state index contributed by atoms with van der Waals surface area (Å²) in [6.45, 7) is 1.55. The Morgan fingerprint density at radius 3 is 2.42 bits per heavy atom. The molecule has 0 atom stereocenters. The molecule has 1 aromatic carbocycles. The SMILES string of the molecule is Cc1ccc(C(F)(F)F)cc1NC(=O)CCC(=O)O. The van der Waals surface area contributed by atoms with Crippen molar-refractivity contribution in [2.75, 3.05) is 5.32 Å². The number of hydrogen-bond acceptors (Lipinski definition) is 2. The topological polar surface area (TPSA) is 66.4 Å². The van der Waals surface area contributed by atoms with Gasteiger partial charge in [-0.05, 0) is 24.6 Å². The summed E-state index contributed by atoms with van der Waals surface area (Å²) < 4.78 is 37.5. The number of carboxylic acids is 1. The van der Waals surface area contributed by atoms with E-state index >= 15 is 0 Å². The Balaban J connectivity index is 2.83. The van der Waals surface area contributed by atoms with Gasteiger partial charge in [-0.15, -0.1) is 0 Å². The van der Waals surface area contributed by atoms with Gasteiger partial charge in [0.05, 0.1) is 12.0 Å². The molecule has 7 heteroatoms. The van der Waals surface area contributed by atoms with Crippen molar-refractivity contribution < 1.29 is 27.9 Å². The van der Waals surface area contributed by atoms with E-state index in [1.165, 1.54) is 6.07 Å². The van der Waals surface area contributed by atoms with Crippen molar-refractivity contribution in [3.63, 3.8) is 0 Å².